The van der Waals surface area contributed by atoms with E-state index >= 15 is 0 Å². The predicted octanol–water partition coefficient (Wildman–Crippen LogP) is 2.78. The summed E-state index contributed by atoms with van der Waals surface area (Å²) in [5, 5.41) is 3.13. The van der Waals surface area contributed by atoms with Crippen LogP contribution in [0.15, 0.2) is 36.5 Å². The van der Waals surface area contributed by atoms with Gasteiger partial charge in [0.15, 0.2) is 0 Å². The lowest BCUT2D eigenvalue weighted by Crippen LogP contribution is -2.31. The normalized spacial score (nSPS) is 17.1. The van der Waals surface area contributed by atoms with E-state index in [1.165, 1.54) is 11.1 Å². The lowest BCUT2D eigenvalue weighted by molar-refractivity contribution is 0.0931. The molecular formula is C17H19N3O. The van der Waals surface area contributed by atoms with Gasteiger partial charge >= 0.3 is 0 Å². The summed E-state index contributed by atoms with van der Waals surface area (Å²) in [6.07, 6.45) is 4.75. The van der Waals surface area contributed by atoms with Gasteiger partial charge in [0, 0.05) is 17.6 Å². The van der Waals surface area contributed by atoms with Crippen LogP contribution >= 0.6 is 0 Å². The summed E-state index contributed by atoms with van der Waals surface area (Å²) in [6, 6.07) is 9.61. The number of rotatable bonds is 2. The molecule has 4 heteroatoms. The van der Waals surface area contributed by atoms with Crippen LogP contribution in [0.1, 0.15) is 46.1 Å². The molecule has 0 radical (unpaired) electrons. The van der Waals surface area contributed by atoms with Crippen molar-refractivity contribution in [2.45, 2.75) is 32.2 Å². The number of nitrogens with two attached hydrogens (primary N) is 1. The molecule has 3 N–H and O–H groups in total. The van der Waals surface area contributed by atoms with Crippen molar-refractivity contribution in [3.05, 3.63) is 58.9 Å². The second-order valence-corrected chi connectivity index (χ2v) is 5.51. The van der Waals surface area contributed by atoms with E-state index in [4.69, 9.17) is 5.73 Å². The summed E-state index contributed by atoms with van der Waals surface area (Å²) in [4.78, 5) is 16.6. The summed E-state index contributed by atoms with van der Waals surface area (Å²) >= 11 is 0. The number of carbonyl (C=O) groups excluding carboxylic acids is 1. The molecule has 0 fully saturated rings. The topological polar surface area (TPSA) is 68.0 Å². The number of pyridine rings is 1. The molecule has 1 heterocycles. The van der Waals surface area contributed by atoms with Gasteiger partial charge in [-0.25, -0.2) is 0 Å². The highest BCUT2D eigenvalue weighted by Gasteiger charge is 2.22. The Morgan fingerprint density at radius 3 is 3.05 bits per heavy atom. The van der Waals surface area contributed by atoms with E-state index in [-0.39, 0.29) is 11.9 Å². The molecule has 0 aliphatic heterocycles. The van der Waals surface area contributed by atoms with Gasteiger partial charge in [-0.2, -0.15) is 0 Å². The third kappa shape index (κ3) is 2.75. The van der Waals surface area contributed by atoms with Crippen LogP contribution in [0.4, 0.5) is 5.69 Å². The van der Waals surface area contributed by atoms with Gasteiger partial charge < -0.3 is 11.1 Å². The SMILES string of the molecule is Cc1ncccc1C(=O)NC1CCCc2cc(N)ccc21. The number of nitrogen functional groups attached to an aromatic ring is 1. The highest BCUT2D eigenvalue weighted by Crippen LogP contribution is 2.31. The van der Waals surface area contributed by atoms with Crippen molar-refractivity contribution >= 4 is 11.6 Å². The first-order valence-electron chi connectivity index (χ1n) is 7.26. The molecule has 1 amide bonds. The number of amides is 1. The summed E-state index contributed by atoms with van der Waals surface area (Å²) in [5.74, 6) is -0.0599. The van der Waals surface area contributed by atoms with Crippen LogP contribution in [-0.4, -0.2) is 10.9 Å². The number of hydrogen-bond donors (Lipinski definition) is 2. The fraction of sp³-hybridized carbons (Fsp3) is 0.294. The van der Waals surface area contributed by atoms with Crippen molar-refractivity contribution in [1.82, 2.24) is 10.3 Å². The van der Waals surface area contributed by atoms with Crippen molar-refractivity contribution in [1.29, 1.82) is 0 Å². The lowest BCUT2D eigenvalue weighted by atomic mass is 9.87. The number of nitrogens with zero attached hydrogens (tertiary/aromatic N) is 1. The minimum atomic E-state index is -0.0599. The molecule has 1 unspecified atom stereocenters. The van der Waals surface area contributed by atoms with Crippen molar-refractivity contribution < 1.29 is 4.79 Å². The number of nitrogens with one attached hydrogen (secondary N) is 1. The Hall–Kier alpha value is -2.36. The zero-order valence-corrected chi connectivity index (χ0v) is 12.1. The van der Waals surface area contributed by atoms with Gasteiger partial charge in [-0.3, -0.25) is 9.78 Å². The highest BCUT2D eigenvalue weighted by molar-refractivity contribution is 5.95. The molecule has 0 bridgehead atoms. The first kappa shape index (κ1) is 13.6. The van der Waals surface area contributed by atoms with Gasteiger partial charge in [0.1, 0.15) is 0 Å². The molecule has 1 atom stereocenters. The smallest absolute Gasteiger partial charge is 0.253 e. The molecule has 1 aliphatic carbocycles. The van der Waals surface area contributed by atoms with Crippen LogP contribution in [0.5, 0.6) is 0 Å². The highest BCUT2D eigenvalue weighted by atomic mass is 16.1. The monoisotopic (exact) mass is 281 g/mol. The van der Waals surface area contributed by atoms with E-state index in [0.717, 1.165) is 30.6 Å². The Balaban J connectivity index is 1.84. The zero-order chi connectivity index (χ0) is 14.8. The van der Waals surface area contributed by atoms with Gasteiger partial charge in [-0.1, -0.05) is 6.07 Å². The first-order chi connectivity index (χ1) is 10.1. The summed E-state index contributed by atoms with van der Waals surface area (Å²) in [6.45, 7) is 1.85. The Bertz CT molecular complexity index is 681. The maximum Gasteiger partial charge on any atom is 0.253 e. The van der Waals surface area contributed by atoms with Gasteiger partial charge in [0.2, 0.25) is 0 Å². The average Bonchev–Trinajstić information content (AvgIpc) is 2.47. The molecule has 0 spiro atoms. The maximum absolute atomic E-state index is 12.4. The van der Waals surface area contributed by atoms with Crippen molar-refractivity contribution in [3.8, 4) is 0 Å². The van der Waals surface area contributed by atoms with Crippen molar-refractivity contribution in [2.24, 2.45) is 0 Å². The third-order valence-electron chi connectivity index (χ3n) is 4.04. The van der Waals surface area contributed by atoms with Gasteiger partial charge in [0.05, 0.1) is 11.6 Å². The minimum Gasteiger partial charge on any atom is -0.399 e. The second-order valence-electron chi connectivity index (χ2n) is 5.51. The largest absolute Gasteiger partial charge is 0.399 e. The molecule has 0 saturated heterocycles. The number of carbonyl (C=O) groups is 1. The predicted molar refractivity (Wildman–Crippen MR) is 83.0 cm³/mol. The van der Waals surface area contributed by atoms with Crippen LogP contribution in [-0.2, 0) is 6.42 Å². The number of fused-ring (bicyclic) bond motifs is 1. The lowest BCUT2D eigenvalue weighted by Gasteiger charge is -2.27. The average molecular weight is 281 g/mol. The summed E-state index contributed by atoms with van der Waals surface area (Å²) in [7, 11) is 0. The van der Waals surface area contributed by atoms with Crippen LogP contribution in [0.3, 0.4) is 0 Å². The molecule has 108 valence electrons. The number of aromatic nitrogens is 1. The second kappa shape index (κ2) is 5.56. The zero-order valence-electron chi connectivity index (χ0n) is 12.1. The quantitative estimate of drug-likeness (QED) is 0.832. The molecule has 3 rings (SSSR count). The number of anilines is 1. The van der Waals surface area contributed by atoms with Crippen LogP contribution < -0.4 is 11.1 Å². The summed E-state index contributed by atoms with van der Waals surface area (Å²) < 4.78 is 0. The Morgan fingerprint density at radius 2 is 2.24 bits per heavy atom. The van der Waals surface area contributed by atoms with Gasteiger partial charge in [-0.15, -0.1) is 0 Å². The van der Waals surface area contributed by atoms with E-state index in [9.17, 15) is 4.79 Å². The molecule has 1 aliphatic rings. The van der Waals surface area contributed by atoms with Crippen LogP contribution in [0.2, 0.25) is 0 Å². The van der Waals surface area contributed by atoms with Crippen molar-refractivity contribution in [2.75, 3.05) is 5.73 Å². The number of benzene rings is 1. The molecule has 21 heavy (non-hydrogen) atoms. The fourth-order valence-electron chi connectivity index (χ4n) is 2.94. The third-order valence-corrected chi connectivity index (χ3v) is 4.04. The van der Waals surface area contributed by atoms with Gasteiger partial charge in [-0.05, 0) is 61.6 Å². The van der Waals surface area contributed by atoms with E-state index in [1.54, 1.807) is 12.3 Å². The Kier molecular flexibility index (Phi) is 3.60. The molecular weight excluding hydrogens is 262 g/mol. The van der Waals surface area contributed by atoms with E-state index in [2.05, 4.69) is 10.3 Å². The molecule has 1 aromatic heterocycles. The van der Waals surface area contributed by atoms with E-state index < -0.39 is 0 Å². The molecule has 0 saturated carbocycles. The molecule has 4 nitrogen and oxygen atoms in total. The van der Waals surface area contributed by atoms with Crippen LogP contribution in [0, 0.1) is 6.92 Å². The standard InChI is InChI=1S/C17H19N3O/c1-11-14(5-3-9-19-11)17(21)20-16-6-2-4-12-10-13(18)7-8-15(12)16/h3,5,7-10,16H,2,4,6,18H2,1H3,(H,20,21). The number of hydrogen-bond acceptors (Lipinski definition) is 3. The Morgan fingerprint density at radius 1 is 1.38 bits per heavy atom. The first-order valence-corrected chi connectivity index (χ1v) is 7.26. The van der Waals surface area contributed by atoms with E-state index in [1.807, 2.05) is 31.2 Å². The molecule has 2 aromatic rings. The van der Waals surface area contributed by atoms with E-state index in [0.29, 0.717) is 5.56 Å². The van der Waals surface area contributed by atoms with Crippen LogP contribution in [0.25, 0.3) is 0 Å². The summed E-state index contributed by atoms with van der Waals surface area (Å²) in [5.41, 5.74) is 10.4. The van der Waals surface area contributed by atoms with Crippen molar-refractivity contribution in [3.63, 3.8) is 0 Å². The fourth-order valence-corrected chi connectivity index (χ4v) is 2.94. The maximum atomic E-state index is 12.4. The number of aryl methyl sites for hydroxylation is 2. The Labute approximate surface area is 124 Å². The molecule has 1 aromatic carbocycles. The minimum absolute atomic E-state index is 0.0569. The van der Waals surface area contributed by atoms with Gasteiger partial charge in [0.25, 0.3) is 5.91 Å².